The van der Waals surface area contributed by atoms with Crippen molar-refractivity contribution in [1.82, 2.24) is 15.6 Å². The Kier molecular flexibility index (Phi) is 10.7. The van der Waals surface area contributed by atoms with Crippen LogP contribution in [0.15, 0.2) is 35.5 Å². The van der Waals surface area contributed by atoms with Gasteiger partial charge in [-0.15, -0.1) is 0 Å². The number of rotatable bonds is 14. The number of amides is 2. The van der Waals surface area contributed by atoms with Gasteiger partial charge in [-0.25, -0.2) is 4.79 Å². The normalized spacial score (nSPS) is 13.6. The number of carbonyl (C=O) groups excluding carboxylic acids is 2. The van der Waals surface area contributed by atoms with E-state index in [-0.39, 0.29) is 25.3 Å². The van der Waals surface area contributed by atoms with Crippen molar-refractivity contribution in [1.29, 1.82) is 0 Å². The van der Waals surface area contributed by atoms with Crippen LogP contribution in [0.3, 0.4) is 0 Å². The van der Waals surface area contributed by atoms with Crippen LogP contribution in [0.5, 0.6) is 0 Å². The van der Waals surface area contributed by atoms with Crippen LogP contribution in [0.1, 0.15) is 24.8 Å². The number of aromatic nitrogens is 1. The molecular formula is C22H33N7O4S. The maximum atomic E-state index is 13.0. The number of carbonyl (C=O) groups is 3. The molecule has 2 amide bonds. The molecule has 12 heteroatoms. The van der Waals surface area contributed by atoms with Gasteiger partial charge in [0.1, 0.15) is 12.1 Å². The lowest BCUT2D eigenvalue weighted by atomic mass is 10.0. The molecule has 0 fully saturated rings. The molecule has 0 saturated carbocycles. The molecule has 1 heterocycles. The van der Waals surface area contributed by atoms with Crippen LogP contribution in [0.4, 0.5) is 0 Å². The first-order valence-corrected chi connectivity index (χ1v) is 12.3. The monoisotopic (exact) mass is 491 g/mol. The number of H-pyrrole nitrogens is 1. The van der Waals surface area contributed by atoms with Gasteiger partial charge in [-0.1, -0.05) is 18.2 Å². The zero-order valence-corrected chi connectivity index (χ0v) is 19.9. The summed E-state index contributed by atoms with van der Waals surface area (Å²) in [5, 5.41) is 15.8. The Morgan fingerprint density at radius 2 is 1.82 bits per heavy atom. The minimum atomic E-state index is -1.19. The van der Waals surface area contributed by atoms with Crippen LogP contribution in [-0.4, -0.2) is 70.5 Å². The number of hydrogen-bond acceptors (Lipinski definition) is 6. The number of nitrogens with zero attached hydrogens (tertiary/aromatic N) is 1. The number of carboxylic acid groups (broad SMARTS) is 1. The van der Waals surface area contributed by atoms with Crippen molar-refractivity contribution in [3.05, 3.63) is 36.0 Å². The number of carboxylic acids is 1. The number of nitrogens with two attached hydrogens (primary N) is 3. The maximum Gasteiger partial charge on any atom is 0.326 e. The number of aliphatic carboxylic acids is 1. The summed E-state index contributed by atoms with van der Waals surface area (Å²) in [4.78, 5) is 44.4. The second-order valence-corrected chi connectivity index (χ2v) is 8.85. The van der Waals surface area contributed by atoms with E-state index in [0.29, 0.717) is 18.6 Å². The number of guanidine groups is 1. The third-order valence-corrected chi connectivity index (χ3v) is 5.91. The largest absolute Gasteiger partial charge is 0.480 e. The fourth-order valence-electron chi connectivity index (χ4n) is 3.42. The highest BCUT2D eigenvalue weighted by Crippen LogP contribution is 2.19. The van der Waals surface area contributed by atoms with Gasteiger partial charge in [0.15, 0.2) is 5.96 Å². The smallest absolute Gasteiger partial charge is 0.326 e. The molecule has 11 nitrogen and oxygen atoms in total. The topological polar surface area (TPSA) is 202 Å². The molecule has 10 N–H and O–H groups in total. The van der Waals surface area contributed by atoms with Crippen LogP contribution in [0.25, 0.3) is 10.9 Å². The summed E-state index contributed by atoms with van der Waals surface area (Å²) in [5.74, 6) is -1.64. The second kappa shape index (κ2) is 13.5. The number of para-hydroxylation sites is 1. The number of hydrogen-bond donors (Lipinski definition) is 7. The van der Waals surface area contributed by atoms with Gasteiger partial charge in [0.05, 0.1) is 6.04 Å². The fraction of sp³-hybridized carbons (Fsp3) is 0.455. The molecule has 34 heavy (non-hydrogen) atoms. The van der Waals surface area contributed by atoms with Crippen molar-refractivity contribution >= 4 is 46.4 Å². The number of aromatic amines is 1. The van der Waals surface area contributed by atoms with Crippen molar-refractivity contribution in [3.63, 3.8) is 0 Å². The van der Waals surface area contributed by atoms with Crippen LogP contribution in [-0.2, 0) is 20.8 Å². The molecule has 2 rings (SSSR count). The molecule has 0 aliphatic heterocycles. The third kappa shape index (κ3) is 8.27. The summed E-state index contributed by atoms with van der Waals surface area (Å²) in [7, 11) is 0. The first-order chi connectivity index (χ1) is 16.2. The molecule has 3 atom stereocenters. The minimum absolute atomic E-state index is 0.0752. The van der Waals surface area contributed by atoms with Crippen molar-refractivity contribution in [3.8, 4) is 0 Å². The summed E-state index contributed by atoms with van der Waals surface area (Å²) >= 11 is 1.56. The van der Waals surface area contributed by atoms with E-state index >= 15 is 0 Å². The van der Waals surface area contributed by atoms with Crippen molar-refractivity contribution < 1.29 is 19.5 Å². The van der Waals surface area contributed by atoms with Crippen LogP contribution in [0, 0.1) is 0 Å². The van der Waals surface area contributed by atoms with E-state index in [4.69, 9.17) is 17.2 Å². The number of thioether (sulfide) groups is 1. The van der Waals surface area contributed by atoms with Crippen LogP contribution in [0.2, 0.25) is 0 Å². The molecule has 0 radical (unpaired) electrons. The number of aliphatic imine (C=N–C) groups is 1. The van der Waals surface area contributed by atoms with E-state index < -0.39 is 35.9 Å². The van der Waals surface area contributed by atoms with Gasteiger partial charge in [-0.3, -0.25) is 14.6 Å². The molecule has 0 bridgehead atoms. The maximum absolute atomic E-state index is 13.0. The van der Waals surface area contributed by atoms with Gasteiger partial charge in [0.2, 0.25) is 11.8 Å². The highest BCUT2D eigenvalue weighted by Gasteiger charge is 2.28. The standard InChI is InChI=1S/C22H33N7O4S/c1-34-10-8-15(23)19(30)28-17(7-4-9-26-22(24)25)20(31)29-18(21(32)33)11-13-12-27-16-6-3-2-5-14(13)16/h2-3,5-6,12,15,17-18,27H,4,7-11,23H2,1H3,(H,28,30)(H,29,31)(H,32,33)(H4,24,25,26)/t15-,17-,18-/m0/s1. The molecule has 0 unspecified atom stereocenters. The molecule has 0 saturated heterocycles. The quantitative estimate of drug-likeness (QED) is 0.108. The Morgan fingerprint density at radius 1 is 1.12 bits per heavy atom. The average Bonchev–Trinajstić information content (AvgIpc) is 3.21. The number of benzene rings is 1. The first-order valence-electron chi connectivity index (χ1n) is 10.9. The second-order valence-electron chi connectivity index (χ2n) is 7.86. The van der Waals surface area contributed by atoms with Crippen LogP contribution < -0.4 is 27.8 Å². The predicted molar refractivity (Wildman–Crippen MR) is 134 cm³/mol. The first kappa shape index (κ1) is 27.0. The SMILES string of the molecule is CSCC[C@H](N)C(=O)N[C@@H](CCCN=C(N)N)C(=O)N[C@@H](Cc1c[nH]c2ccccc12)C(=O)O. The Morgan fingerprint density at radius 3 is 2.50 bits per heavy atom. The van der Waals surface area contributed by atoms with Gasteiger partial charge >= 0.3 is 5.97 Å². The molecular weight excluding hydrogens is 458 g/mol. The summed E-state index contributed by atoms with van der Waals surface area (Å²) < 4.78 is 0. The zero-order valence-electron chi connectivity index (χ0n) is 19.1. The van der Waals surface area contributed by atoms with E-state index in [2.05, 4.69) is 20.6 Å². The summed E-state index contributed by atoms with van der Waals surface area (Å²) in [6.45, 7) is 0.262. The number of fused-ring (bicyclic) bond motifs is 1. The van der Waals surface area contributed by atoms with E-state index in [1.54, 1.807) is 18.0 Å². The van der Waals surface area contributed by atoms with E-state index in [1.807, 2.05) is 30.5 Å². The molecule has 186 valence electrons. The zero-order chi connectivity index (χ0) is 25.1. The van der Waals surface area contributed by atoms with Gasteiger partial charge < -0.3 is 37.9 Å². The highest BCUT2D eigenvalue weighted by atomic mass is 32.2. The predicted octanol–water partition coefficient (Wildman–Crippen LogP) is -0.101. The van der Waals surface area contributed by atoms with Gasteiger partial charge in [-0.05, 0) is 42.9 Å². The molecule has 1 aromatic carbocycles. The van der Waals surface area contributed by atoms with Crippen LogP contribution >= 0.6 is 11.8 Å². The Balaban J connectivity index is 2.11. The lowest BCUT2D eigenvalue weighted by Crippen LogP contribution is -2.55. The van der Waals surface area contributed by atoms with E-state index in [1.165, 1.54) is 0 Å². The lowest BCUT2D eigenvalue weighted by molar-refractivity contribution is -0.142. The Labute approximate surface area is 202 Å². The average molecular weight is 492 g/mol. The summed E-state index contributed by atoms with van der Waals surface area (Å²) in [6.07, 6.45) is 4.77. The van der Waals surface area contributed by atoms with Crippen molar-refractivity contribution in [2.75, 3.05) is 18.6 Å². The summed E-state index contributed by atoms with van der Waals surface area (Å²) in [6, 6.07) is 4.55. The van der Waals surface area contributed by atoms with E-state index in [0.717, 1.165) is 16.5 Å². The molecule has 0 aliphatic carbocycles. The van der Waals surface area contributed by atoms with Crippen molar-refractivity contribution in [2.24, 2.45) is 22.2 Å². The fourth-order valence-corrected chi connectivity index (χ4v) is 3.91. The number of nitrogens with one attached hydrogen (secondary N) is 3. The third-order valence-electron chi connectivity index (χ3n) is 5.26. The molecule has 1 aromatic heterocycles. The molecule has 0 aliphatic rings. The summed E-state index contributed by atoms with van der Waals surface area (Å²) in [5.41, 5.74) is 18.2. The van der Waals surface area contributed by atoms with Gasteiger partial charge in [-0.2, -0.15) is 11.8 Å². The van der Waals surface area contributed by atoms with Gasteiger partial charge in [0.25, 0.3) is 0 Å². The Hall–Kier alpha value is -3.25. The van der Waals surface area contributed by atoms with Gasteiger partial charge in [0, 0.05) is 30.1 Å². The van der Waals surface area contributed by atoms with E-state index in [9.17, 15) is 19.5 Å². The Bertz CT molecular complexity index is 1010. The van der Waals surface area contributed by atoms with Crippen molar-refractivity contribution in [2.45, 2.75) is 43.8 Å². The minimum Gasteiger partial charge on any atom is -0.480 e. The molecule has 0 spiro atoms. The lowest BCUT2D eigenvalue weighted by Gasteiger charge is -2.23. The molecule has 2 aromatic rings. The highest BCUT2D eigenvalue weighted by molar-refractivity contribution is 7.98.